The van der Waals surface area contributed by atoms with Gasteiger partial charge in [-0.05, 0) is 49.4 Å². The minimum absolute atomic E-state index is 0.155. The third kappa shape index (κ3) is 5.13. The highest BCUT2D eigenvalue weighted by Gasteiger charge is 2.36. The second-order valence-electron chi connectivity index (χ2n) is 8.26. The fourth-order valence-electron chi connectivity index (χ4n) is 4.18. The van der Waals surface area contributed by atoms with E-state index in [1.807, 2.05) is 0 Å². The normalized spacial score (nSPS) is 17.9. The molecule has 176 valence electrons. The fourth-order valence-corrected chi connectivity index (χ4v) is 4.18. The monoisotopic (exact) mass is 462 g/mol. The van der Waals surface area contributed by atoms with Crippen molar-refractivity contribution < 1.29 is 22.4 Å². The fraction of sp³-hybridized carbons (Fsp3) is 0.375. The molecular formula is C24H26F4N4O. The highest BCUT2D eigenvalue weighted by molar-refractivity contribution is 6.31. The molecule has 0 saturated carbocycles. The zero-order valence-electron chi connectivity index (χ0n) is 18.3. The van der Waals surface area contributed by atoms with E-state index in [4.69, 9.17) is 0 Å². The number of alkyl halides is 3. The predicted molar refractivity (Wildman–Crippen MR) is 122 cm³/mol. The summed E-state index contributed by atoms with van der Waals surface area (Å²) >= 11 is 0. The van der Waals surface area contributed by atoms with E-state index in [-0.39, 0.29) is 16.9 Å². The van der Waals surface area contributed by atoms with E-state index in [1.165, 1.54) is 30.5 Å². The van der Waals surface area contributed by atoms with E-state index in [9.17, 15) is 22.4 Å². The summed E-state index contributed by atoms with van der Waals surface area (Å²) in [5.74, 6) is -0.952. The van der Waals surface area contributed by atoms with Crippen LogP contribution >= 0.6 is 0 Å². The number of carbonyl (C=O) groups is 1. The molecule has 1 fully saturated rings. The van der Waals surface area contributed by atoms with Crippen LogP contribution in [0.2, 0.25) is 0 Å². The molecule has 2 aliphatic heterocycles. The van der Waals surface area contributed by atoms with Gasteiger partial charge < -0.3 is 15.5 Å². The first-order valence-corrected chi connectivity index (χ1v) is 11.0. The number of amides is 1. The van der Waals surface area contributed by atoms with Crippen LogP contribution in [0.5, 0.6) is 0 Å². The Labute approximate surface area is 190 Å². The lowest BCUT2D eigenvalue weighted by Crippen LogP contribution is -2.47. The molecule has 2 N–H and O–H groups in total. The van der Waals surface area contributed by atoms with Crippen LogP contribution in [0.25, 0.3) is 5.57 Å². The number of rotatable bonds is 6. The van der Waals surface area contributed by atoms with E-state index >= 15 is 0 Å². The van der Waals surface area contributed by atoms with Crippen molar-refractivity contribution in [2.45, 2.75) is 25.9 Å². The van der Waals surface area contributed by atoms with E-state index in [2.05, 4.69) is 22.5 Å². The van der Waals surface area contributed by atoms with Crippen molar-refractivity contribution in [3.05, 3.63) is 59.5 Å². The molecule has 2 aromatic rings. The summed E-state index contributed by atoms with van der Waals surface area (Å²) in [4.78, 5) is 16.3. The summed E-state index contributed by atoms with van der Waals surface area (Å²) in [6.07, 6.45) is -1.05. The molecule has 1 amide bonds. The largest absolute Gasteiger partial charge is 0.418 e. The molecule has 33 heavy (non-hydrogen) atoms. The molecule has 0 aromatic heterocycles. The SMILES string of the molecule is CCCCN1CCN(c2ccc(NC=C3C(=O)Nc4ccc(F)cc43)cc2C(F)(F)F)CC1. The number of anilines is 3. The van der Waals surface area contributed by atoms with Gasteiger partial charge in [-0.15, -0.1) is 0 Å². The molecule has 0 unspecified atom stereocenters. The van der Waals surface area contributed by atoms with Gasteiger partial charge in [0.1, 0.15) is 5.82 Å². The van der Waals surface area contributed by atoms with Crippen LogP contribution in [0, 0.1) is 5.82 Å². The maximum atomic E-state index is 13.9. The number of piperazine rings is 1. The van der Waals surface area contributed by atoms with Crippen LogP contribution in [-0.4, -0.2) is 43.5 Å². The van der Waals surface area contributed by atoms with Gasteiger partial charge >= 0.3 is 6.18 Å². The Balaban J connectivity index is 1.54. The van der Waals surface area contributed by atoms with Crippen molar-refractivity contribution in [1.82, 2.24) is 4.90 Å². The maximum Gasteiger partial charge on any atom is 0.418 e. The Bertz CT molecular complexity index is 1060. The summed E-state index contributed by atoms with van der Waals surface area (Å²) in [6, 6.07) is 7.97. The molecule has 0 radical (unpaired) electrons. The zero-order valence-corrected chi connectivity index (χ0v) is 18.3. The summed E-state index contributed by atoms with van der Waals surface area (Å²) in [7, 11) is 0. The van der Waals surface area contributed by atoms with Gasteiger partial charge in [0.2, 0.25) is 0 Å². The summed E-state index contributed by atoms with van der Waals surface area (Å²) in [6.45, 7) is 5.61. The molecule has 0 aliphatic carbocycles. The van der Waals surface area contributed by atoms with Crippen LogP contribution < -0.4 is 15.5 Å². The maximum absolute atomic E-state index is 13.9. The van der Waals surface area contributed by atoms with Gasteiger partial charge in [0.25, 0.3) is 5.91 Å². The van der Waals surface area contributed by atoms with Crippen molar-refractivity contribution in [1.29, 1.82) is 0 Å². The Morgan fingerprint density at radius 2 is 1.85 bits per heavy atom. The topological polar surface area (TPSA) is 47.6 Å². The number of fused-ring (bicyclic) bond motifs is 1. The third-order valence-corrected chi connectivity index (χ3v) is 5.99. The first kappa shape index (κ1) is 23.1. The van der Waals surface area contributed by atoms with Gasteiger partial charge in [-0.1, -0.05) is 13.3 Å². The van der Waals surface area contributed by atoms with Crippen molar-refractivity contribution in [3.63, 3.8) is 0 Å². The molecule has 1 saturated heterocycles. The zero-order chi connectivity index (χ0) is 23.6. The molecule has 0 spiro atoms. The van der Waals surface area contributed by atoms with Gasteiger partial charge in [0.05, 0.1) is 11.1 Å². The summed E-state index contributed by atoms with van der Waals surface area (Å²) < 4.78 is 55.3. The molecule has 2 aliphatic rings. The van der Waals surface area contributed by atoms with E-state index < -0.39 is 23.5 Å². The van der Waals surface area contributed by atoms with Crippen molar-refractivity contribution in [2.75, 3.05) is 48.3 Å². The number of unbranched alkanes of at least 4 members (excludes halogenated alkanes) is 1. The number of halogens is 4. The molecule has 2 heterocycles. The minimum Gasteiger partial charge on any atom is -0.368 e. The lowest BCUT2D eigenvalue weighted by atomic mass is 10.1. The van der Waals surface area contributed by atoms with Gasteiger partial charge in [0, 0.05) is 55.0 Å². The number of hydrogen-bond donors (Lipinski definition) is 2. The molecule has 9 heteroatoms. The Kier molecular flexibility index (Phi) is 6.60. The Hall–Kier alpha value is -3.07. The smallest absolute Gasteiger partial charge is 0.368 e. The number of nitrogens with zero attached hydrogens (tertiary/aromatic N) is 2. The molecule has 0 atom stereocenters. The number of benzene rings is 2. The van der Waals surface area contributed by atoms with E-state index in [0.717, 1.165) is 38.5 Å². The van der Waals surface area contributed by atoms with Crippen LogP contribution in [-0.2, 0) is 11.0 Å². The van der Waals surface area contributed by atoms with Gasteiger partial charge in [-0.2, -0.15) is 13.2 Å². The molecule has 4 rings (SSSR count). The molecular weight excluding hydrogens is 436 g/mol. The van der Waals surface area contributed by atoms with Gasteiger partial charge in [-0.3, -0.25) is 9.69 Å². The minimum atomic E-state index is -4.53. The quantitative estimate of drug-likeness (QED) is 0.459. The van der Waals surface area contributed by atoms with Crippen LogP contribution in [0.15, 0.2) is 42.6 Å². The predicted octanol–water partition coefficient (Wildman–Crippen LogP) is 5.17. The van der Waals surface area contributed by atoms with Crippen LogP contribution in [0.1, 0.15) is 30.9 Å². The van der Waals surface area contributed by atoms with Crippen LogP contribution in [0.3, 0.4) is 0 Å². The second-order valence-corrected chi connectivity index (χ2v) is 8.26. The first-order chi connectivity index (χ1) is 15.8. The highest BCUT2D eigenvalue weighted by atomic mass is 19.4. The van der Waals surface area contributed by atoms with E-state index in [1.54, 1.807) is 11.0 Å². The number of nitrogens with one attached hydrogen (secondary N) is 2. The molecule has 0 bridgehead atoms. The second kappa shape index (κ2) is 9.43. The van der Waals surface area contributed by atoms with Gasteiger partial charge in [0.15, 0.2) is 0 Å². The number of carbonyl (C=O) groups excluding carboxylic acids is 1. The van der Waals surface area contributed by atoms with Crippen molar-refractivity contribution in [3.8, 4) is 0 Å². The standard InChI is InChI=1S/C24H26F4N4O/c1-2-3-8-31-9-11-32(12-10-31)22-7-5-17(14-20(22)24(26,27)28)29-15-19-18-13-16(25)4-6-21(18)30-23(19)33/h4-7,13-15,29H,2-3,8-12H2,1H3,(H,30,33). The third-order valence-electron chi connectivity index (χ3n) is 5.99. The van der Waals surface area contributed by atoms with E-state index in [0.29, 0.717) is 24.3 Å². The molecule has 2 aromatic carbocycles. The van der Waals surface area contributed by atoms with Crippen LogP contribution in [0.4, 0.5) is 34.6 Å². The Morgan fingerprint density at radius 1 is 1.09 bits per heavy atom. The van der Waals surface area contributed by atoms with Crippen molar-refractivity contribution >= 4 is 28.5 Å². The Morgan fingerprint density at radius 3 is 2.55 bits per heavy atom. The molecule has 5 nitrogen and oxygen atoms in total. The average Bonchev–Trinajstić information content (AvgIpc) is 3.10. The van der Waals surface area contributed by atoms with Crippen molar-refractivity contribution in [2.24, 2.45) is 0 Å². The lowest BCUT2D eigenvalue weighted by molar-refractivity contribution is -0.137. The van der Waals surface area contributed by atoms with Gasteiger partial charge in [-0.25, -0.2) is 4.39 Å². The first-order valence-electron chi connectivity index (χ1n) is 11.0. The lowest BCUT2D eigenvalue weighted by Gasteiger charge is -2.37. The average molecular weight is 462 g/mol. The number of hydrogen-bond acceptors (Lipinski definition) is 4. The summed E-state index contributed by atoms with van der Waals surface area (Å²) in [5.41, 5.74) is 0.597. The summed E-state index contributed by atoms with van der Waals surface area (Å²) in [5, 5.41) is 5.39. The highest BCUT2D eigenvalue weighted by Crippen LogP contribution is 2.39.